The molecular weight excluding hydrogens is 334 g/mol. The molecule has 132 valence electrons. The molecule has 2 rings (SSSR count). The lowest BCUT2D eigenvalue weighted by molar-refractivity contribution is -0.0653. The lowest BCUT2D eigenvalue weighted by Crippen LogP contribution is -2.55. The molecule has 0 aromatic carbocycles. The second kappa shape index (κ2) is 7.58. The summed E-state index contributed by atoms with van der Waals surface area (Å²) in [4.78, 5) is 3.06. The summed E-state index contributed by atoms with van der Waals surface area (Å²) < 4.78 is 35.0. The van der Waals surface area contributed by atoms with Gasteiger partial charge in [-0.05, 0) is 39.4 Å². The SMILES string of the molecule is CN(C)CCN(Cc1cccs1)S(=O)(=O)N1CCOC(C)(C)C1. The molecule has 1 aliphatic heterocycles. The van der Waals surface area contributed by atoms with Crippen molar-refractivity contribution in [1.29, 1.82) is 0 Å². The molecule has 1 saturated heterocycles. The molecule has 0 spiro atoms. The van der Waals surface area contributed by atoms with E-state index in [9.17, 15) is 8.42 Å². The number of ether oxygens (including phenoxy) is 1. The monoisotopic (exact) mass is 361 g/mol. The average Bonchev–Trinajstić information content (AvgIpc) is 2.95. The standard InChI is InChI=1S/C15H27N3O3S2/c1-15(2)13-18(9-10-21-15)23(19,20)17(8-7-16(3)4)12-14-6-5-11-22-14/h5-6,11H,7-10,12-13H2,1-4H3. The first-order chi connectivity index (χ1) is 10.7. The highest BCUT2D eigenvalue weighted by Gasteiger charge is 2.37. The molecule has 1 aliphatic rings. The lowest BCUT2D eigenvalue weighted by Gasteiger charge is -2.39. The molecular formula is C15H27N3O3S2. The van der Waals surface area contributed by atoms with Crippen molar-refractivity contribution in [2.75, 3.05) is 46.9 Å². The number of nitrogens with zero attached hydrogens (tertiary/aromatic N) is 3. The number of rotatable bonds is 7. The number of hydrogen-bond acceptors (Lipinski definition) is 5. The van der Waals surface area contributed by atoms with Crippen molar-refractivity contribution in [3.05, 3.63) is 22.4 Å². The van der Waals surface area contributed by atoms with Gasteiger partial charge < -0.3 is 9.64 Å². The van der Waals surface area contributed by atoms with Gasteiger partial charge in [-0.3, -0.25) is 0 Å². The minimum atomic E-state index is -3.50. The molecule has 0 amide bonds. The van der Waals surface area contributed by atoms with E-state index < -0.39 is 15.8 Å². The molecule has 0 atom stereocenters. The molecule has 0 aliphatic carbocycles. The maximum atomic E-state index is 13.1. The Morgan fingerprint density at radius 3 is 2.65 bits per heavy atom. The van der Waals surface area contributed by atoms with Crippen molar-refractivity contribution in [3.8, 4) is 0 Å². The van der Waals surface area contributed by atoms with Crippen LogP contribution in [0.15, 0.2) is 17.5 Å². The first-order valence-corrected chi connectivity index (χ1v) is 10.0. The summed E-state index contributed by atoms with van der Waals surface area (Å²) in [6.45, 7) is 6.69. The predicted octanol–water partition coefficient (Wildman–Crippen LogP) is 1.47. The molecule has 0 bridgehead atoms. The van der Waals surface area contributed by atoms with Gasteiger partial charge in [0, 0.05) is 37.6 Å². The van der Waals surface area contributed by atoms with Crippen LogP contribution in [0, 0.1) is 0 Å². The van der Waals surface area contributed by atoms with Crippen molar-refractivity contribution in [2.24, 2.45) is 0 Å². The highest BCUT2D eigenvalue weighted by molar-refractivity contribution is 7.86. The summed E-state index contributed by atoms with van der Waals surface area (Å²) in [7, 11) is 0.404. The summed E-state index contributed by atoms with van der Waals surface area (Å²) in [5, 5.41) is 1.98. The predicted molar refractivity (Wildman–Crippen MR) is 93.8 cm³/mol. The molecule has 23 heavy (non-hydrogen) atoms. The van der Waals surface area contributed by atoms with E-state index in [-0.39, 0.29) is 0 Å². The summed E-state index contributed by atoms with van der Waals surface area (Å²) in [6, 6.07) is 3.93. The van der Waals surface area contributed by atoms with E-state index in [0.29, 0.717) is 39.3 Å². The molecule has 0 radical (unpaired) electrons. The quantitative estimate of drug-likeness (QED) is 0.738. The molecule has 8 heteroatoms. The number of hydrogen-bond donors (Lipinski definition) is 0. The van der Waals surface area contributed by atoms with Gasteiger partial charge in [-0.15, -0.1) is 11.3 Å². The Morgan fingerprint density at radius 1 is 1.35 bits per heavy atom. The third-order valence-corrected chi connectivity index (χ3v) is 6.54. The first-order valence-electron chi connectivity index (χ1n) is 7.77. The van der Waals surface area contributed by atoms with Crippen LogP contribution < -0.4 is 0 Å². The van der Waals surface area contributed by atoms with Gasteiger partial charge in [-0.25, -0.2) is 0 Å². The second-order valence-electron chi connectivity index (χ2n) is 6.67. The van der Waals surface area contributed by atoms with Crippen LogP contribution in [0.3, 0.4) is 0 Å². The number of likely N-dealkylation sites (N-methyl/N-ethyl adjacent to an activating group) is 1. The second-order valence-corrected chi connectivity index (χ2v) is 9.63. The average molecular weight is 362 g/mol. The van der Waals surface area contributed by atoms with E-state index in [1.807, 2.05) is 50.4 Å². The van der Waals surface area contributed by atoms with Gasteiger partial charge >= 0.3 is 0 Å². The Balaban J connectivity index is 2.17. The Morgan fingerprint density at radius 2 is 2.09 bits per heavy atom. The maximum absolute atomic E-state index is 13.1. The van der Waals surface area contributed by atoms with E-state index in [4.69, 9.17) is 4.74 Å². The van der Waals surface area contributed by atoms with Gasteiger partial charge in [-0.1, -0.05) is 6.07 Å². The summed E-state index contributed by atoms with van der Waals surface area (Å²) >= 11 is 1.59. The lowest BCUT2D eigenvalue weighted by atomic mass is 10.1. The van der Waals surface area contributed by atoms with Crippen LogP contribution in [0.1, 0.15) is 18.7 Å². The Kier molecular flexibility index (Phi) is 6.21. The van der Waals surface area contributed by atoms with Crippen LogP contribution in [0.4, 0.5) is 0 Å². The summed E-state index contributed by atoms with van der Waals surface area (Å²) in [5.41, 5.74) is -0.443. The van der Waals surface area contributed by atoms with Crippen LogP contribution in [0.5, 0.6) is 0 Å². The Hall–Kier alpha value is -0.510. The van der Waals surface area contributed by atoms with Gasteiger partial charge in [0.2, 0.25) is 0 Å². The van der Waals surface area contributed by atoms with E-state index in [1.165, 1.54) is 0 Å². The van der Waals surface area contributed by atoms with Gasteiger partial charge in [0.15, 0.2) is 0 Å². The van der Waals surface area contributed by atoms with Crippen LogP contribution >= 0.6 is 11.3 Å². The fourth-order valence-electron chi connectivity index (χ4n) is 2.50. The summed E-state index contributed by atoms with van der Waals surface area (Å²) in [6.07, 6.45) is 0. The van der Waals surface area contributed by atoms with Crippen LogP contribution in [-0.4, -0.2) is 74.4 Å². The molecule has 1 aromatic heterocycles. The maximum Gasteiger partial charge on any atom is 0.282 e. The molecule has 0 N–H and O–H groups in total. The van der Waals surface area contributed by atoms with E-state index in [1.54, 1.807) is 19.9 Å². The fraction of sp³-hybridized carbons (Fsp3) is 0.733. The molecule has 0 unspecified atom stereocenters. The molecule has 2 heterocycles. The molecule has 1 fully saturated rings. The minimum Gasteiger partial charge on any atom is -0.373 e. The first kappa shape index (κ1) is 18.8. The highest BCUT2D eigenvalue weighted by Crippen LogP contribution is 2.23. The van der Waals surface area contributed by atoms with Crippen molar-refractivity contribution in [1.82, 2.24) is 13.5 Å². The molecule has 6 nitrogen and oxygen atoms in total. The zero-order chi connectivity index (χ0) is 17.1. The summed E-state index contributed by atoms with van der Waals surface area (Å²) in [5.74, 6) is 0. The van der Waals surface area contributed by atoms with Crippen molar-refractivity contribution < 1.29 is 13.2 Å². The van der Waals surface area contributed by atoms with E-state index in [0.717, 1.165) is 4.88 Å². The van der Waals surface area contributed by atoms with Gasteiger partial charge in [-0.2, -0.15) is 17.0 Å². The topological polar surface area (TPSA) is 53.1 Å². The highest BCUT2D eigenvalue weighted by atomic mass is 32.2. The zero-order valence-electron chi connectivity index (χ0n) is 14.4. The largest absolute Gasteiger partial charge is 0.373 e. The van der Waals surface area contributed by atoms with Crippen LogP contribution in [-0.2, 0) is 21.5 Å². The minimum absolute atomic E-state index is 0.387. The molecule has 1 aromatic rings. The van der Waals surface area contributed by atoms with Crippen molar-refractivity contribution >= 4 is 21.5 Å². The van der Waals surface area contributed by atoms with Gasteiger partial charge in [0.25, 0.3) is 10.2 Å². The van der Waals surface area contributed by atoms with Crippen LogP contribution in [0.2, 0.25) is 0 Å². The molecule has 0 saturated carbocycles. The smallest absolute Gasteiger partial charge is 0.282 e. The van der Waals surface area contributed by atoms with Crippen molar-refractivity contribution in [2.45, 2.75) is 26.0 Å². The van der Waals surface area contributed by atoms with E-state index >= 15 is 0 Å². The van der Waals surface area contributed by atoms with E-state index in [2.05, 4.69) is 0 Å². The fourth-order valence-corrected chi connectivity index (χ4v) is 5.02. The van der Waals surface area contributed by atoms with Crippen LogP contribution in [0.25, 0.3) is 0 Å². The third kappa shape index (κ3) is 5.23. The Bertz CT molecular complexity index is 585. The zero-order valence-corrected chi connectivity index (χ0v) is 16.0. The van der Waals surface area contributed by atoms with Gasteiger partial charge in [0.1, 0.15) is 0 Å². The Labute approximate surface area is 143 Å². The number of morpholine rings is 1. The van der Waals surface area contributed by atoms with Gasteiger partial charge in [0.05, 0.1) is 12.2 Å². The number of thiophene rings is 1. The normalized spacial score (nSPS) is 19.6. The third-order valence-electron chi connectivity index (χ3n) is 3.75. The van der Waals surface area contributed by atoms with Crippen molar-refractivity contribution in [3.63, 3.8) is 0 Å².